The first-order valence-corrected chi connectivity index (χ1v) is 38.3. The van der Waals surface area contributed by atoms with Crippen LogP contribution in [0.25, 0.3) is 66.9 Å². The van der Waals surface area contributed by atoms with Gasteiger partial charge in [0.1, 0.15) is 56.1 Å². The van der Waals surface area contributed by atoms with E-state index in [0.29, 0.717) is 33.0 Å². The minimum Gasteiger partial charge on any atom is -0.361 e. The minimum absolute atomic E-state index is 0.0328. The van der Waals surface area contributed by atoms with E-state index >= 15 is 0 Å². The first-order chi connectivity index (χ1) is 38.7. The maximum atomic E-state index is 8.87. The molecule has 0 aromatic carbocycles. The molecule has 0 amide bonds. The lowest BCUT2D eigenvalue weighted by Gasteiger charge is -2.15. The van der Waals surface area contributed by atoms with Gasteiger partial charge in [0.2, 0.25) is 0 Å². The van der Waals surface area contributed by atoms with Crippen LogP contribution >= 0.6 is 0 Å². The zero-order valence-corrected chi connectivity index (χ0v) is 52.1. The van der Waals surface area contributed by atoms with Crippen molar-refractivity contribution in [1.29, 1.82) is 15.8 Å². The number of rotatable bonds is 22. The quantitative estimate of drug-likeness (QED) is 0.0376. The maximum absolute atomic E-state index is 8.87. The minimum atomic E-state index is -1.09. The number of fused-ring (bicyclic) bond motifs is 3. The number of hydrogen-bond donors (Lipinski definition) is 1. The number of nitriles is 3. The molecule has 9 aromatic rings. The third kappa shape index (κ3) is 18.6. The summed E-state index contributed by atoms with van der Waals surface area (Å²) in [6, 6.07) is 15.8. The van der Waals surface area contributed by atoms with Crippen LogP contribution < -0.4 is 0 Å². The van der Waals surface area contributed by atoms with Gasteiger partial charge in [-0.1, -0.05) is 65.0 Å². The molecule has 0 radical (unpaired) electrons. The van der Waals surface area contributed by atoms with Crippen LogP contribution in [-0.4, -0.2) is 117 Å². The van der Waals surface area contributed by atoms with Crippen LogP contribution in [0.1, 0.15) is 45.7 Å². The van der Waals surface area contributed by atoms with Gasteiger partial charge in [-0.2, -0.15) is 31.1 Å². The second-order valence-corrected chi connectivity index (χ2v) is 40.1. The van der Waals surface area contributed by atoms with Crippen LogP contribution in [0, 0.1) is 34.0 Å². The Morgan fingerprint density at radius 3 is 1.21 bits per heavy atom. The van der Waals surface area contributed by atoms with Crippen molar-refractivity contribution in [3.8, 4) is 52.0 Å². The summed E-state index contributed by atoms with van der Waals surface area (Å²) in [7, 11) is -3.23. The van der Waals surface area contributed by atoms with Gasteiger partial charge in [0, 0.05) is 120 Å². The molecule has 9 rings (SSSR count). The lowest BCUT2D eigenvalue weighted by molar-refractivity contribution is 0.0898. The zero-order valence-electron chi connectivity index (χ0n) is 49.1. The second kappa shape index (κ2) is 29.6. The van der Waals surface area contributed by atoms with E-state index in [2.05, 4.69) is 121 Å². The Morgan fingerprint density at radius 1 is 0.543 bits per heavy atom. The zero-order chi connectivity index (χ0) is 58.6. The summed E-state index contributed by atoms with van der Waals surface area (Å²) in [5.74, 6) is 0. The Bertz CT molecular complexity index is 3380. The number of H-pyrrole nitrogens is 1. The van der Waals surface area contributed by atoms with E-state index in [4.69, 9.17) is 30.0 Å². The van der Waals surface area contributed by atoms with Gasteiger partial charge >= 0.3 is 0 Å². The summed E-state index contributed by atoms with van der Waals surface area (Å²) < 4.78 is 27.2. The topological polar surface area (TPSA) is 256 Å². The molecule has 1 unspecified atom stereocenters. The van der Waals surface area contributed by atoms with Crippen molar-refractivity contribution >= 4 is 57.3 Å². The molecular weight excluding hydrogens is 1070 g/mol. The standard InChI is InChI=1S/2C19H26N6OSi.C15H21N5OSi.C4H5N/c2*1-15(5-7-20)25-12-16(11-23-25)18-17-6-8-24(19(17)22-13-21-18)14-26-9-10-27(2,3)4;1-22(2,3)7-6-21-11-20-5-4-13-14(12-8-18-19-9-12)16-10-17-15(13)20;1-2-3-4-5/h2*6,8,11-13,15H,5,9-10,14H2,1-4H3;4-5,8-10H,6-7,11H2,1-3H3,(H,18,19);2-3H,1H3/b;;;3-2+/t15-;;;/m0.../s1. The molecule has 24 heteroatoms. The third-order valence-corrected chi connectivity index (χ3v) is 17.9. The van der Waals surface area contributed by atoms with Crippen LogP contribution in [0.15, 0.2) is 105 Å². The van der Waals surface area contributed by atoms with Crippen LogP contribution in [-0.2, 0) is 34.4 Å². The highest BCUT2D eigenvalue weighted by Gasteiger charge is 2.19. The highest BCUT2D eigenvalue weighted by Crippen LogP contribution is 2.29. The number of nitrogens with zero attached hydrogens (tertiary/aromatic N) is 17. The molecule has 9 aromatic heterocycles. The highest BCUT2D eigenvalue weighted by atomic mass is 28.3. The molecule has 0 saturated heterocycles. The van der Waals surface area contributed by atoms with Crippen LogP contribution in [0.2, 0.25) is 77.1 Å². The van der Waals surface area contributed by atoms with Crippen LogP contribution in [0.3, 0.4) is 0 Å². The number of aromatic amines is 1. The Balaban J connectivity index is 0.000000188. The van der Waals surface area contributed by atoms with E-state index < -0.39 is 24.2 Å². The van der Waals surface area contributed by atoms with Gasteiger partial charge in [0.15, 0.2) is 0 Å². The fourth-order valence-electron chi connectivity index (χ4n) is 7.95. The molecule has 9 heterocycles. The van der Waals surface area contributed by atoms with Gasteiger partial charge in [-0.05, 0) is 57.1 Å². The van der Waals surface area contributed by atoms with Gasteiger partial charge < -0.3 is 27.9 Å². The van der Waals surface area contributed by atoms with E-state index in [9.17, 15) is 0 Å². The number of aromatic nitrogens is 15. The number of ether oxygens (including phenoxy) is 3. The summed E-state index contributed by atoms with van der Waals surface area (Å²) in [6.45, 7) is 30.7. The smallest absolute Gasteiger partial charge is 0.145 e. The summed E-state index contributed by atoms with van der Waals surface area (Å²) in [5, 5.41) is 44.0. The first-order valence-electron chi connectivity index (χ1n) is 27.2. The van der Waals surface area contributed by atoms with Gasteiger partial charge in [-0.25, -0.2) is 29.9 Å². The Kier molecular flexibility index (Phi) is 22.8. The summed E-state index contributed by atoms with van der Waals surface area (Å²) >= 11 is 0. The Labute approximate surface area is 478 Å². The van der Waals surface area contributed by atoms with E-state index in [1.807, 2.05) is 105 Å². The fraction of sp³-hybridized carbons (Fsp3) is 0.439. The largest absolute Gasteiger partial charge is 0.361 e. The third-order valence-electron chi connectivity index (χ3n) is 12.8. The van der Waals surface area contributed by atoms with Crippen molar-refractivity contribution in [3.63, 3.8) is 0 Å². The summed E-state index contributed by atoms with van der Waals surface area (Å²) in [4.78, 5) is 26.6. The molecular formula is C57H78N18O3Si3. The van der Waals surface area contributed by atoms with E-state index in [1.54, 1.807) is 43.6 Å². The Hall–Kier alpha value is -7.77. The molecule has 81 heavy (non-hydrogen) atoms. The normalized spacial score (nSPS) is 12.5. The summed E-state index contributed by atoms with van der Waals surface area (Å²) in [6.07, 6.45) is 25.7. The molecule has 2 atom stereocenters. The molecule has 0 spiro atoms. The van der Waals surface area contributed by atoms with Gasteiger partial charge in [-0.15, -0.1) is 0 Å². The van der Waals surface area contributed by atoms with Crippen molar-refractivity contribution in [2.24, 2.45) is 0 Å². The van der Waals surface area contributed by atoms with Crippen LogP contribution in [0.4, 0.5) is 0 Å². The van der Waals surface area contributed by atoms with Crippen molar-refractivity contribution in [2.45, 2.75) is 143 Å². The van der Waals surface area contributed by atoms with Gasteiger partial charge in [-0.3, -0.25) is 14.5 Å². The SMILES string of the molecule is C/C=C/C#N.CC(CC#N)n1cc(-c2ncnc3c2ccn3COCC[Si](C)(C)C)cn1.C[C@@H](CC#N)n1cc(-c2ncnc3c2ccn3COCC[Si](C)(C)C)cn1.C[Si](C)(C)CCOCn1ccc2c(-c3cn[nH]c3)ncnc21. The number of allylic oxidation sites excluding steroid dienone is 2. The van der Waals surface area contributed by atoms with E-state index in [0.717, 1.165) is 98.8 Å². The Morgan fingerprint density at radius 2 is 0.914 bits per heavy atom. The predicted octanol–water partition coefficient (Wildman–Crippen LogP) is 12.4. The van der Waals surface area contributed by atoms with Crippen molar-refractivity contribution in [3.05, 3.63) is 105 Å². The highest BCUT2D eigenvalue weighted by molar-refractivity contribution is 6.76. The van der Waals surface area contributed by atoms with Crippen molar-refractivity contribution < 1.29 is 14.2 Å². The molecule has 0 aliphatic carbocycles. The van der Waals surface area contributed by atoms with Gasteiger partial charge in [0.25, 0.3) is 0 Å². The first kappa shape index (κ1) is 62.4. The van der Waals surface area contributed by atoms with E-state index in [-0.39, 0.29) is 12.1 Å². The van der Waals surface area contributed by atoms with E-state index in [1.165, 1.54) is 12.1 Å². The van der Waals surface area contributed by atoms with Gasteiger partial charge in [0.05, 0.1) is 78.8 Å². The second-order valence-electron chi connectivity index (χ2n) is 23.2. The average molecular weight is 1150 g/mol. The molecule has 0 aliphatic heterocycles. The molecule has 0 saturated carbocycles. The lowest BCUT2D eigenvalue weighted by atomic mass is 10.2. The average Bonchev–Trinajstić information content (AvgIpc) is 4.37. The predicted molar refractivity (Wildman–Crippen MR) is 325 cm³/mol. The van der Waals surface area contributed by atoms with Crippen molar-refractivity contribution in [1.82, 2.24) is 73.4 Å². The lowest BCUT2D eigenvalue weighted by Crippen LogP contribution is -2.22. The van der Waals surface area contributed by atoms with Crippen LogP contribution in [0.5, 0.6) is 0 Å². The molecule has 21 nitrogen and oxygen atoms in total. The maximum Gasteiger partial charge on any atom is 0.145 e. The van der Waals surface area contributed by atoms with Crippen molar-refractivity contribution in [2.75, 3.05) is 19.8 Å². The molecule has 0 fully saturated rings. The fourth-order valence-corrected chi connectivity index (χ4v) is 10.2. The monoisotopic (exact) mass is 1150 g/mol. The number of nitrogens with one attached hydrogen (secondary N) is 1. The summed E-state index contributed by atoms with van der Waals surface area (Å²) in [5.41, 5.74) is 7.97. The number of hydrogen-bond acceptors (Lipinski definition) is 15. The molecule has 426 valence electrons. The molecule has 1 N–H and O–H groups in total. The molecule has 0 aliphatic rings. The molecule has 0 bridgehead atoms.